The zero-order valence-corrected chi connectivity index (χ0v) is 21.4. The molecule has 0 saturated carbocycles. The van der Waals surface area contributed by atoms with Gasteiger partial charge in [0.15, 0.2) is 18.5 Å². The molecule has 0 aromatic carbocycles. The van der Waals surface area contributed by atoms with Crippen LogP contribution < -0.4 is 22.7 Å². The topological polar surface area (TPSA) is 60.6 Å². The summed E-state index contributed by atoms with van der Waals surface area (Å²) in [6.45, 7) is 12.5. The number of nitrogens with two attached hydrogens (primary N) is 1. The Morgan fingerprint density at radius 1 is 1.25 bits per heavy atom. The molecule has 2 heterocycles. The van der Waals surface area contributed by atoms with Crippen molar-refractivity contribution in [2.75, 3.05) is 5.73 Å². The molecule has 0 bridgehead atoms. The molecule has 1 aliphatic rings. The first kappa shape index (κ1) is 26.1. The van der Waals surface area contributed by atoms with Crippen LogP contribution in [0, 0.1) is 11.3 Å². The van der Waals surface area contributed by atoms with Gasteiger partial charge in [-0.1, -0.05) is 53.8 Å². The fourth-order valence-electron chi connectivity index (χ4n) is 4.77. The van der Waals surface area contributed by atoms with Gasteiger partial charge in [0.25, 0.3) is 0 Å². The van der Waals surface area contributed by atoms with Crippen LogP contribution in [0.2, 0.25) is 0 Å². The van der Waals surface area contributed by atoms with Crippen molar-refractivity contribution < 1.29 is 17.0 Å². The van der Waals surface area contributed by atoms with E-state index in [0.29, 0.717) is 11.2 Å². The van der Waals surface area contributed by atoms with Gasteiger partial charge in [0.1, 0.15) is 0 Å². The monoisotopic (exact) mass is 457 g/mol. The lowest BCUT2D eigenvalue weighted by atomic mass is 9.65. The highest BCUT2D eigenvalue weighted by atomic mass is 35.5. The zero-order valence-electron chi connectivity index (χ0n) is 20.7. The van der Waals surface area contributed by atoms with Gasteiger partial charge in [-0.15, -0.1) is 0 Å². The normalized spacial score (nSPS) is 22.1. The maximum Gasteiger partial charge on any atom is 0.307 e. The first-order chi connectivity index (χ1) is 14.7. The maximum absolute atomic E-state index is 6.08. The van der Waals surface area contributed by atoms with E-state index in [0.717, 1.165) is 36.5 Å². The standard InChI is InChI=1S/C26H40N5.ClH/c1-19(13-15-26(5)21(3)11-8-12-22(26)4)9-7-10-20(2)14-16-31-18-30(6)25-23(31)24(27)28-17-29-25;/h9,11,14,17-18,22H,7-8,10,12-13,15-16H2,1-6H3,(H2,27,28,29);1H/q+1;/p-1/b19-9+,20-14+;/t22-,26-;/m1./s1. The number of nitrogens with zero attached hydrogens (tertiary/aromatic N) is 4. The number of aromatic nitrogens is 4. The Bertz CT molecular complexity index is 1020. The summed E-state index contributed by atoms with van der Waals surface area (Å²) in [6, 6.07) is 0. The van der Waals surface area contributed by atoms with Gasteiger partial charge in [-0.2, -0.15) is 4.98 Å². The number of hydrogen-bond donors (Lipinski definition) is 1. The summed E-state index contributed by atoms with van der Waals surface area (Å²) in [5.41, 5.74) is 12.7. The summed E-state index contributed by atoms with van der Waals surface area (Å²) >= 11 is 0. The number of nitrogen functional groups attached to an aromatic ring is 1. The fourth-order valence-corrected chi connectivity index (χ4v) is 4.77. The van der Waals surface area contributed by atoms with E-state index in [2.05, 4.69) is 67.4 Å². The molecule has 1 aliphatic carbocycles. The second kappa shape index (κ2) is 11.1. The van der Waals surface area contributed by atoms with E-state index < -0.39 is 0 Å². The lowest BCUT2D eigenvalue weighted by molar-refractivity contribution is -0.647. The molecule has 2 atom stereocenters. The van der Waals surface area contributed by atoms with Crippen LogP contribution in [0.4, 0.5) is 5.82 Å². The Morgan fingerprint density at radius 3 is 2.69 bits per heavy atom. The third kappa shape index (κ3) is 5.80. The molecule has 2 aromatic heterocycles. The fraction of sp³-hybridized carbons (Fsp3) is 0.577. The van der Waals surface area contributed by atoms with Gasteiger partial charge in [0.2, 0.25) is 5.52 Å². The molecule has 0 radical (unpaired) electrons. The van der Waals surface area contributed by atoms with Crippen molar-refractivity contribution in [1.82, 2.24) is 14.5 Å². The summed E-state index contributed by atoms with van der Waals surface area (Å²) < 4.78 is 4.12. The molecule has 176 valence electrons. The SMILES string of the molecule is CC1=CCC[C@@H](C)[C@]1(C)CC/C(C)=C/CC/C(C)=C/Cn1c[n+](C)c2ncnc(N)c21.[Cl-]. The minimum absolute atomic E-state index is 0. The summed E-state index contributed by atoms with van der Waals surface area (Å²) in [5.74, 6) is 1.31. The third-order valence-corrected chi connectivity index (χ3v) is 7.51. The highest BCUT2D eigenvalue weighted by Crippen LogP contribution is 2.45. The van der Waals surface area contributed by atoms with Gasteiger partial charge >= 0.3 is 5.65 Å². The van der Waals surface area contributed by atoms with E-state index in [1.165, 1.54) is 43.2 Å². The molecule has 3 rings (SSSR count). The van der Waals surface area contributed by atoms with Crippen LogP contribution >= 0.6 is 0 Å². The molecule has 2 aromatic rings. The highest BCUT2D eigenvalue weighted by Gasteiger charge is 2.34. The van der Waals surface area contributed by atoms with Gasteiger partial charge in [0.05, 0.1) is 13.6 Å². The van der Waals surface area contributed by atoms with Crippen molar-refractivity contribution in [1.29, 1.82) is 0 Å². The number of rotatable bonds is 8. The van der Waals surface area contributed by atoms with Gasteiger partial charge < -0.3 is 18.1 Å². The van der Waals surface area contributed by atoms with Crippen molar-refractivity contribution in [2.45, 2.75) is 79.7 Å². The Labute approximate surface area is 199 Å². The Kier molecular flexibility index (Phi) is 9.08. The largest absolute Gasteiger partial charge is 1.00 e. The Morgan fingerprint density at radius 2 is 1.97 bits per heavy atom. The summed E-state index contributed by atoms with van der Waals surface area (Å²) in [6.07, 6.45) is 17.9. The number of allylic oxidation sites excluding steroid dienone is 6. The molecule has 0 saturated heterocycles. The quantitative estimate of drug-likeness (QED) is 0.489. The Balaban J connectivity index is 0.00000363. The third-order valence-electron chi connectivity index (χ3n) is 7.51. The number of aryl methyl sites for hydroxylation is 1. The molecular formula is C26H40ClN5. The molecule has 32 heavy (non-hydrogen) atoms. The lowest BCUT2D eigenvalue weighted by Gasteiger charge is -2.40. The van der Waals surface area contributed by atoms with Crippen molar-refractivity contribution in [3.05, 3.63) is 47.6 Å². The molecule has 0 spiro atoms. The average Bonchev–Trinajstić information content (AvgIpc) is 3.06. The van der Waals surface area contributed by atoms with Crippen molar-refractivity contribution in [2.24, 2.45) is 18.4 Å². The lowest BCUT2D eigenvalue weighted by Crippen LogP contribution is -3.00. The summed E-state index contributed by atoms with van der Waals surface area (Å²) in [7, 11) is 1.99. The summed E-state index contributed by atoms with van der Waals surface area (Å²) in [5, 5.41) is 0. The smallest absolute Gasteiger partial charge is 0.307 e. The number of anilines is 1. The van der Waals surface area contributed by atoms with E-state index >= 15 is 0 Å². The second-order valence-corrected chi connectivity index (χ2v) is 9.73. The Hall–Kier alpha value is -2.14. The van der Waals surface area contributed by atoms with Crippen LogP contribution in [0.25, 0.3) is 11.2 Å². The molecule has 5 nitrogen and oxygen atoms in total. The molecule has 0 aliphatic heterocycles. The van der Waals surface area contributed by atoms with Crippen molar-refractivity contribution in [3.8, 4) is 0 Å². The number of imidazole rings is 1. The second-order valence-electron chi connectivity index (χ2n) is 9.73. The molecule has 2 N–H and O–H groups in total. The van der Waals surface area contributed by atoms with E-state index in [9.17, 15) is 0 Å². The van der Waals surface area contributed by atoms with E-state index in [-0.39, 0.29) is 12.4 Å². The number of fused-ring (bicyclic) bond motifs is 1. The van der Waals surface area contributed by atoms with Crippen LogP contribution in [-0.4, -0.2) is 14.5 Å². The average molecular weight is 458 g/mol. The minimum Gasteiger partial charge on any atom is -1.00 e. The van der Waals surface area contributed by atoms with Crippen LogP contribution in [0.1, 0.15) is 73.1 Å². The van der Waals surface area contributed by atoms with E-state index in [1.807, 2.05) is 17.9 Å². The summed E-state index contributed by atoms with van der Waals surface area (Å²) in [4.78, 5) is 8.49. The van der Waals surface area contributed by atoms with Crippen LogP contribution in [0.5, 0.6) is 0 Å². The van der Waals surface area contributed by atoms with Crippen molar-refractivity contribution >= 4 is 17.0 Å². The molecule has 6 heteroatoms. The van der Waals surface area contributed by atoms with E-state index in [4.69, 9.17) is 5.73 Å². The van der Waals surface area contributed by atoms with Gasteiger partial charge in [0, 0.05) is 0 Å². The van der Waals surface area contributed by atoms with Crippen LogP contribution in [0.3, 0.4) is 0 Å². The number of hydrogen-bond acceptors (Lipinski definition) is 3. The van der Waals surface area contributed by atoms with Gasteiger partial charge in [-0.3, -0.25) is 4.57 Å². The van der Waals surface area contributed by atoms with Crippen molar-refractivity contribution in [3.63, 3.8) is 0 Å². The number of halogens is 1. The van der Waals surface area contributed by atoms with Crippen LogP contribution in [-0.2, 0) is 13.6 Å². The van der Waals surface area contributed by atoms with Gasteiger partial charge in [-0.25, -0.2) is 4.57 Å². The van der Waals surface area contributed by atoms with E-state index in [1.54, 1.807) is 5.57 Å². The molecular weight excluding hydrogens is 418 g/mol. The predicted molar refractivity (Wildman–Crippen MR) is 129 cm³/mol. The molecule has 0 unspecified atom stereocenters. The van der Waals surface area contributed by atoms with Gasteiger partial charge in [-0.05, 0) is 70.6 Å². The van der Waals surface area contributed by atoms with Crippen LogP contribution in [0.15, 0.2) is 47.6 Å². The predicted octanol–water partition coefficient (Wildman–Crippen LogP) is 2.68. The zero-order chi connectivity index (χ0) is 22.6. The first-order valence-corrected chi connectivity index (χ1v) is 11.7. The first-order valence-electron chi connectivity index (χ1n) is 11.7. The molecule has 0 fully saturated rings. The highest BCUT2D eigenvalue weighted by molar-refractivity contribution is 5.79. The molecule has 0 amide bonds. The maximum atomic E-state index is 6.08. The minimum atomic E-state index is 0.